The van der Waals surface area contributed by atoms with E-state index in [9.17, 15) is 9.59 Å². The van der Waals surface area contributed by atoms with Crippen LogP contribution in [0.15, 0.2) is 10.9 Å². The van der Waals surface area contributed by atoms with E-state index in [0.717, 1.165) is 38.5 Å². The monoisotopic (exact) mass is 289 g/mol. The molecule has 0 unspecified atom stereocenters. The van der Waals surface area contributed by atoms with Crippen molar-refractivity contribution in [3.8, 4) is 0 Å². The fraction of sp³-hybridized carbons (Fsp3) is 0.647. The summed E-state index contributed by atoms with van der Waals surface area (Å²) in [4.78, 5) is 23.8. The number of nitrogens with zero attached hydrogens (tertiary/aromatic N) is 1. The third-order valence-corrected chi connectivity index (χ3v) is 4.89. The highest BCUT2D eigenvalue weighted by Crippen LogP contribution is 2.31. The summed E-state index contributed by atoms with van der Waals surface area (Å²) in [5.41, 5.74) is 2.81. The number of hydrogen-bond donors (Lipinski definition) is 1. The third-order valence-electron chi connectivity index (χ3n) is 4.89. The lowest BCUT2D eigenvalue weighted by molar-refractivity contribution is -0.136. The molecule has 2 aliphatic carbocycles. The van der Waals surface area contributed by atoms with Crippen LogP contribution in [0, 0.1) is 0 Å². The highest BCUT2D eigenvalue weighted by atomic mass is 16.4. The number of pyridine rings is 1. The van der Waals surface area contributed by atoms with Crippen LogP contribution in [0.3, 0.4) is 0 Å². The Kier molecular flexibility index (Phi) is 4.13. The van der Waals surface area contributed by atoms with Gasteiger partial charge in [-0.3, -0.25) is 9.59 Å². The van der Waals surface area contributed by atoms with E-state index in [1.54, 1.807) is 0 Å². The van der Waals surface area contributed by atoms with E-state index in [1.165, 1.54) is 30.5 Å². The highest BCUT2D eigenvalue weighted by molar-refractivity contribution is 5.70. The van der Waals surface area contributed by atoms with Crippen LogP contribution < -0.4 is 5.56 Å². The van der Waals surface area contributed by atoms with E-state index in [-0.39, 0.29) is 18.0 Å². The molecular formula is C17H23NO3. The number of hydrogen-bond acceptors (Lipinski definition) is 2. The first kappa shape index (κ1) is 14.4. The van der Waals surface area contributed by atoms with Crippen molar-refractivity contribution in [3.63, 3.8) is 0 Å². The molecule has 0 spiro atoms. The normalized spacial score (nSPS) is 19.2. The number of carboxylic acid groups (broad SMARTS) is 1. The molecule has 0 aromatic carbocycles. The average Bonchev–Trinajstić information content (AvgIpc) is 2.48. The first-order valence-corrected chi connectivity index (χ1v) is 8.15. The molecule has 1 N–H and O–H groups in total. The predicted octanol–water partition coefficient (Wildman–Crippen LogP) is 2.86. The van der Waals surface area contributed by atoms with E-state index in [1.807, 2.05) is 10.6 Å². The van der Waals surface area contributed by atoms with Crippen LogP contribution >= 0.6 is 0 Å². The summed E-state index contributed by atoms with van der Waals surface area (Å²) in [5.74, 6) is -0.918. The van der Waals surface area contributed by atoms with Gasteiger partial charge in [-0.2, -0.15) is 0 Å². The fourth-order valence-corrected chi connectivity index (χ4v) is 3.91. The lowest BCUT2D eigenvalue weighted by Crippen LogP contribution is -2.34. The molecule has 4 nitrogen and oxygen atoms in total. The van der Waals surface area contributed by atoms with Crippen molar-refractivity contribution in [2.45, 2.75) is 70.3 Å². The second-order valence-electron chi connectivity index (χ2n) is 6.39. The fourth-order valence-electron chi connectivity index (χ4n) is 3.91. The van der Waals surface area contributed by atoms with E-state index in [0.29, 0.717) is 5.56 Å². The number of carbonyl (C=O) groups is 1. The quantitative estimate of drug-likeness (QED) is 0.930. The van der Waals surface area contributed by atoms with Crippen molar-refractivity contribution in [1.82, 2.24) is 4.57 Å². The third kappa shape index (κ3) is 2.89. The molecule has 2 aliphatic rings. The van der Waals surface area contributed by atoms with Crippen molar-refractivity contribution in [2.24, 2.45) is 0 Å². The predicted molar refractivity (Wildman–Crippen MR) is 80.8 cm³/mol. The van der Waals surface area contributed by atoms with Gasteiger partial charge >= 0.3 is 5.97 Å². The zero-order valence-electron chi connectivity index (χ0n) is 12.4. The van der Waals surface area contributed by atoms with E-state index in [2.05, 4.69) is 0 Å². The van der Waals surface area contributed by atoms with Crippen molar-refractivity contribution in [3.05, 3.63) is 33.2 Å². The van der Waals surface area contributed by atoms with Crippen LogP contribution in [0.25, 0.3) is 0 Å². The van der Waals surface area contributed by atoms with Crippen LogP contribution in [-0.4, -0.2) is 15.6 Å². The topological polar surface area (TPSA) is 59.3 Å². The van der Waals surface area contributed by atoms with Crippen molar-refractivity contribution < 1.29 is 9.90 Å². The van der Waals surface area contributed by atoms with E-state index in [4.69, 9.17) is 5.11 Å². The molecule has 0 saturated heterocycles. The molecule has 1 fully saturated rings. The minimum atomic E-state index is -0.918. The van der Waals surface area contributed by atoms with Gasteiger partial charge in [-0.15, -0.1) is 0 Å². The summed E-state index contributed by atoms with van der Waals surface area (Å²) in [6, 6.07) is 2.15. The zero-order valence-corrected chi connectivity index (χ0v) is 12.4. The van der Waals surface area contributed by atoms with Gasteiger partial charge in [0.1, 0.15) is 0 Å². The van der Waals surface area contributed by atoms with Crippen molar-refractivity contribution >= 4 is 5.97 Å². The molecule has 0 aliphatic heterocycles. The molecule has 0 bridgehead atoms. The molecule has 0 atom stereocenters. The van der Waals surface area contributed by atoms with Gasteiger partial charge in [-0.25, -0.2) is 0 Å². The first-order chi connectivity index (χ1) is 10.2. The van der Waals surface area contributed by atoms with Gasteiger partial charge in [-0.05, 0) is 50.2 Å². The van der Waals surface area contributed by atoms with Crippen LogP contribution in [0.2, 0.25) is 0 Å². The lowest BCUT2D eigenvalue weighted by atomic mass is 9.90. The number of aryl methyl sites for hydroxylation is 1. The Balaban J connectivity index is 2.09. The number of carboxylic acids is 1. The summed E-state index contributed by atoms with van der Waals surface area (Å²) in [6.07, 6.45) is 9.79. The Morgan fingerprint density at radius 2 is 1.86 bits per heavy atom. The van der Waals surface area contributed by atoms with Gasteiger partial charge in [0, 0.05) is 17.3 Å². The van der Waals surface area contributed by atoms with Crippen LogP contribution in [0.5, 0.6) is 0 Å². The summed E-state index contributed by atoms with van der Waals surface area (Å²) in [6.45, 7) is 0. The van der Waals surface area contributed by atoms with Crippen LogP contribution in [0.1, 0.15) is 67.8 Å². The maximum absolute atomic E-state index is 12.8. The van der Waals surface area contributed by atoms with Gasteiger partial charge in [-0.1, -0.05) is 19.3 Å². The number of aromatic nitrogens is 1. The van der Waals surface area contributed by atoms with Crippen molar-refractivity contribution in [2.75, 3.05) is 0 Å². The maximum Gasteiger partial charge on any atom is 0.308 e. The van der Waals surface area contributed by atoms with E-state index >= 15 is 0 Å². The largest absolute Gasteiger partial charge is 0.481 e. The molecule has 114 valence electrons. The molecular weight excluding hydrogens is 266 g/mol. The Bertz CT molecular complexity index is 597. The molecule has 4 heteroatoms. The maximum atomic E-state index is 12.8. The van der Waals surface area contributed by atoms with Gasteiger partial charge in [0.2, 0.25) is 0 Å². The van der Waals surface area contributed by atoms with Crippen LogP contribution in [-0.2, 0) is 24.1 Å². The molecule has 21 heavy (non-hydrogen) atoms. The molecule has 1 saturated carbocycles. The SMILES string of the molecule is O=C(O)Cc1cc2c(n(C3CCCCC3)c1=O)CCCC2. The molecule has 1 heterocycles. The summed E-state index contributed by atoms with van der Waals surface area (Å²) in [5, 5.41) is 9.05. The molecule has 0 radical (unpaired) electrons. The first-order valence-electron chi connectivity index (χ1n) is 8.15. The smallest absolute Gasteiger partial charge is 0.308 e. The summed E-state index contributed by atoms with van der Waals surface area (Å²) in [7, 11) is 0. The Hall–Kier alpha value is -1.58. The van der Waals surface area contributed by atoms with Gasteiger partial charge < -0.3 is 9.67 Å². The van der Waals surface area contributed by atoms with Gasteiger partial charge in [0.05, 0.1) is 6.42 Å². The summed E-state index contributed by atoms with van der Waals surface area (Å²) < 4.78 is 1.98. The standard InChI is InChI=1S/C17H23NO3/c19-16(20)11-13-10-12-6-4-5-9-15(12)18(17(13)21)14-7-2-1-3-8-14/h10,14H,1-9,11H2,(H,19,20). The summed E-state index contributed by atoms with van der Waals surface area (Å²) >= 11 is 0. The van der Waals surface area contributed by atoms with E-state index < -0.39 is 5.97 Å². The molecule has 1 aromatic rings. The molecule has 1 aromatic heterocycles. The molecule has 3 rings (SSSR count). The number of rotatable bonds is 3. The van der Waals surface area contributed by atoms with Gasteiger partial charge in [0.15, 0.2) is 0 Å². The average molecular weight is 289 g/mol. The van der Waals surface area contributed by atoms with Crippen LogP contribution in [0.4, 0.5) is 0 Å². The second kappa shape index (κ2) is 6.04. The molecule has 0 amide bonds. The minimum Gasteiger partial charge on any atom is -0.481 e. The van der Waals surface area contributed by atoms with Crippen molar-refractivity contribution in [1.29, 1.82) is 0 Å². The van der Waals surface area contributed by atoms with Gasteiger partial charge in [0.25, 0.3) is 5.56 Å². The zero-order chi connectivity index (χ0) is 14.8. The Morgan fingerprint density at radius 3 is 2.57 bits per heavy atom. The Morgan fingerprint density at radius 1 is 1.14 bits per heavy atom. The lowest BCUT2D eigenvalue weighted by Gasteiger charge is -2.30. The highest BCUT2D eigenvalue weighted by Gasteiger charge is 2.24. The number of fused-ring (bicyclic) bond motifs is 1. The second-order valence-corrected chi connectivity index (χ2v) is 6.39. The number of aliphatic carboxylic acids is 1. The minimum absolute atomic E-state index is 0.0510. The Labute approximate surface area is 124 Å².